The van der Waals surface area contributed by atoms with Gasteiger partial charge in [0.1, 0.15) is 17.7 Å². The molecule has 0 radical (unpaired) electrons. The summed E-state index contributed by atoms with van der Waals surface area (Å²) in [6.07, 6.45) is 2.22. The van der Waals surface area contributed by atoms with Crippen LogP contribution in [0.25, 0.3) is 0 Å². The molecular formula is C29H47N3O6S. The van der Waals surface area contributed by atoms with Crippen molar-refractivity contribution in [3.8, 4) is 0 Å². The van der Waals surface area contributed by atoms with Crippen LogP contribution < -0.4 is 10.6 Å². The maximum absolute atomic E-state index is 14.3. The highest BCUT2D eigenvalue weighted by atomic mass is 32.2. The van der Waals surface area contributed by atoms with Gasteiger partial charge in [-0.05, 0) is 90.0 Å². The molecule has 1 aromatic carbocycles. The second-order valence-electron chi connectivity index (χ2n) is 10.5. The van der Waals surface area contributed by atoms with Crippen molar-refractivity contribution in [1.29, 1.82) is 0 Å². The van der Waals surface area contributed by atoms with Gasteiger partial charge in [-0.2, -0.15) is 11.8 Å². The lowest BCUT2D eigenvalue weighted by Crippen LogP contribution is -2.56. The third-order valence-corrected chi connectivity index (χ3v) is 6.84. The molecule has 220 valence electrons. The Labute approximate surface area is 238 Å². The van der Waals surface area contributed by atoms with E-state index in [1.54, 1.807) is 44.4 Å². The Kier molecular flexibility index (Phi) is 14.4. The molecule has 0 aromatic heterocycles. The Bertz CT molecular complexity index is 958. The number of hydrogen-bond acceptors (Lipinski definition) is 7. The van der Waals surface area contributed by atoms with Gasteiger partial charge in [-0.3, -0.25) is 14.4 Å². The minimum absolute atomic E-state index is 0.0207. The van der Waals surface area contributed by atoms with Gasteiger partial charge in [0, 0.05) is 12.6 Å². The van der Waals surface area contributed by atoms with Crippen molar-refractivity contribution in [3.63, 3.8) is 0 Å². The Morgan fingerprint density at radius 1 is 1.08 bits per heavy atom. The molecule has 2 N–H and O–H groups in total. The highest BCUT2D eigenvalue weighted by Gasteiger charge is 2.39. The van der Waals surface area contributed by atoms with Gasteiger partial charge in [-0.15, -0.1) is 0 Å². The summed E-state index contributed by atoms with van der Waals surface area (Å²) in [6, 6.07) is 3.54. The Balaban J connectivity index is 3.53. The van der Waals surface area contributed by atoms with Crippen LogP contribution in [0.2, 0.25) is 0 Å². The number of carbonyl (C=O) groups is 4. The second-order valence-corrected chi connectivity index (χ2v) is 11.5. The average Bonchev–Trinajstić information content (AvgIpc) is 2.84. The average molecular weight is 566 g/mol. The Morgan fingerprint density at radius 2 is 1.69 bits per heavy atom. The molecule has 0 aliphatic rings. The molecule has 3 amide bonds. The lowest BCUT2D eigenvalue weighted by atomic mass is 9.92. The monoisotopic (exact) mass is 565 g/mol. The highest BCUT2D eigenvalue weighted by molar-refractivity contribution is 7.98. The predicted molar refractivity (Wildman–Crippen MR) is 156 cm³/mol. The molecule has 0 spiro atoms. The summed E-state index contributed by atoms with van der Waals surface area (Å²) in [7, 11) is 0. The fourth-order valence-electron chi connectivity index (χ4n) is 4.19. The van der Waals surface area contributed by atoms with Crippen LogP contribution in [0.15, 0.2) is 18.2 Å². The van der Waals surface area contributed by atoms with Crippen LogP contribution in [0.1, 0.15) is 83.5 Å². The van der Waals surface area contributed by atoms with Crippen molar-refractivity contribution >= 4 is 35.6 Å². The molecule has 0 fully saturated rings. The third-order valence-electron chi connectivity index (χ3n) is 6.20. The Hall–Kier alpha value is -2.75. The molecule has 3 unspecified atom stereocenters. The van der Waals surface area contributed by atoms with Crippen LogP contribution in [0.3, 0.4) is 0 Å². The second kappa shape index (κ2) is 16.4. The van der Waals surface area contributed by atoms with Gasteiger partial charge in [0.2, 0.25) is 11.8 Å². The van der Waals surface area contributed by atoms with E-state index in [0.717, 1.165) is 16.7 Å². The zero-order chi connectivity index (χ0) is 29.8. The first-order valence-corrected chi connectivity index (χ1v) is 15.0. The van der Waals surface area contributed by atoms with Crippen LogP contribution in [0, 0.1) is 13.8 Å². The summed E-state index contributed by atoms with van der Waals surface area (Å²) in [5.41, 5.74) is 1.72. The summed E-state index contributed by atoms with van der Waals surface area (Å²) in [5, 5.41) is 5.60. The lowest BCUT2D eigenvalue weighted by molar-refractivity contribution is -0.146. The van der Waals surface area contributed by atoms with E-state index >= 15 is 0 Å². The predicted octanol–water partition coefficient (Wildman–Crippen LogP) is 4.69. The van der Waals surface area contributed by atoms with Gasteiger partial charge in [-0.25, -0.2) is 4.79 Å². The molecule has 1 rings (SSSR count). The summed E-state index contributed by atoms with van der Waals surface area (Å²) < 4.78 is 10.4. The van der Waals surface area contributed by atoms with Crippen molar-refractivity contribution in [2.45, 2.75) is 98.4 Å². The number of carbonyl (C=O) groups excluding carboxylic acids is 4. The number of hydrogen-bond donors (Lipinski definition) is 2. The molecule has 10 heteroatoms. The molecule has 0 bridgehead atoms. The number of alkyl carbamates (subject to hydrolysis) is 1. The first kappa shape index (κ1) is 34.3. The number of nitrogens with one attached hydrogen (secondary N) is 2. The molecule has 1 aromatic rings. The van der Waals surface area contributed by atoms with Crippen molar-refractivity contribution in [1.82, 2.24) is 15.5 Å². The van der Waals surface area contributed by atoms with E-state index in [4.69, 9.17) is 9.47 Å². The molecule has 0 aliphatic heterocycles. The maximum Gasteiger partial charge on any atom is 0.408 e. The van der Waals surface area contributed by atoms with Crippen LogP contribution >= 0.6 is 11.8 Å². The summed E-state index contributed by atoms with van der Waals surface area (Å²) in [6.45, 7) is 15.0. The molecule has 3 atom stereocenters. The Morgan fingerprint density at radius 3 is 2.21 bits per heavy atom. The molecule has 0 saturated carbocycles. The van der Waals surface area contributed by atoms with E-state index in [9.17, 15) is 19.2 Å². The number of thioether (sulfide) groups is 1. The van der Waals surface area contributed by atoms with Crippen molar-refractivity contribution in [2.24, 2.45) is 0 Å². The summed E-state index contributed by atoms with van der Waals surface area (Å²) >= 11 is 1.56. The summed E-state index contributed by atoms with van der Waals surface area (Å²) in [4.78, 5) is 54.2. The maximum atomic E-state index is 14.3. The number of nitrogens with zero attached hydrogens (tertiary/aromatic N) is 1. The van der Waals surface area contributed by atoms with E-state index in [1.165, 1.54) is 0 Å². The van der Waals surface area contributed by atoms with Crippen LogP contribution in [0.4, 0.5) is 4.79 Å². The zero-order valence-electron chi connectivity index (χ0n) is 25.0. The number of esters is 1. The van der Waals surface area contributed by atoms with Crippen LogP contribution in [-0.4, -0.2) is 71.6 Å². The topological polar surface area (TPSA) is 114 Å². The van der Waals surface area contributed by atoms with E-state index in [-0.39, 0.29) is 31.5 Å². The van der Waals surface area contributed by atoms with E-state index < -0.39 is 35.7 Å². The van der Waals surface area contributed by atoms with E-state index in [1.807, 2.05) is 52.1 Å². The standard InChI is InChI=1S/C29H47N3O6S/c1-10-21(5)32(27(35)22(16-18-39-9)31-28(36)38-29(6,7)8)25(24-19(3)13-12-14-20(24)4)26(34)30-17-15-23(33)37-11-2/h12-14,21-22,25H,10-11,15-18H2,1-9H3,(H,30,34)(H,31,36). The molecule has 0 heterocycles. The van der Waals surface area contributed by atoms with Gasteiger partial charge in [0.25, 0.3) is 0 Å². The number of ether oxygens (including phenoxy) is 2. The SMILES string of the molecule is CCOC(=O)CCNC(=O)C(c1c(C)cccc1C)N(C(=O)C(CCSC)NC(=O)OC(C)(C)C)C(C)CC. The fourth-order valence-corrected chi connectivity index (χ4v) is 4.66. The molecule has 39 heavy (non-hydrogen) atoms. The van der Waals surface area contributed by atoms with E-state index in [0.29, 0.717) is 18.6 Å². The van der Waals surface area contributed by atoms with Crippen molar-refractivity contribution < 1.29 is 28.7 Å². The van der Waals surface area contributed by atoms with E-state index in [2.05, 4.69) is 10.6 Å². The van der Waals surface area contributed by atoms with Gasteiger partial charge in [0.05, 0.1) is 13.0 Å². The fraction of sp³-hybridized carbons (Fsp3) is 0.655. The first-order chi connectivity index (χ1) is 18.3. The van der Waals surface area contributed by atoms with Gasteiger partial charge in [-0.1, -0.05) is 25.1 Å². The number of rotatable bonds is 14. The van der Waals surface area contributed by atoms with Crippen LogP contribution in [0.5, 0.6) is 0 Å². The molecule has 0 saturated heterocycles. The van der Waals surface area contributed by atoms with Crippen molar-refractivity contribution in [2.75, 3.05) is 25.2 Å². The van der Waals surface area contributed by atoms with Gasteiger partial charge >= 0.3 is 12.1 Å². The minimum Gasteiger partial charge on any atom is -0.466 e. The summed E-state index contributed by atoms with van der Waals surface area (Å²) in [5.74, 6) is -0.543. The molecule has 9 nitrogen and oxygen atoms in total. The van der Waals surface area contributed by atoms with Gasteiger partial charge < -0.3 is 25.0 Å². The van der Waals surface area contributed by atoms with Crippen molar-refractivity contribution in [3.05, 3.63) is 34.9 Å². The minimum atomic E-state index is -0.965. The quantitative estimate of drug-likeness (QED) is 0.315. The number of benzene rings is 1. The lowest BCUT2D eigenvalue weighted by Gasteiger charge is -2.39. The highest BCUT2D eigenvalue weighted by Crippen LogP contribution is 2.31. The smallest absolute Gasteiger partial charge is 0.408 e. The molecular weight excluding hydrogens is 518 g/mol. The third kappa shape index (κ3) is 11.1. The van der Waals surface area contributed by atoms with Crippen LogP contribution in [-0.2, 0) is 23.9 Å². The normalized spacial score (nSPS) is 13.6. The molecule has 0 aliphatic carbocycles. The zero-order valence-corrected chi connectivity index (χ0v) is 25.8. The number of aryl methyl sites for hydroxylation is 2. The largest absolute Gasteiger partial charge is 0.466 e. The van der Waals surface area contributed by atoms with Gasteiger partial charge in [0.15, 0.2) is 0 Å². The number of amides is 3. The first-order valence-electron chi connectivity index (χ1n) is 13.6.